The van der Waals surface area contributed by atoms with E-state index in [4.69, 9.17) is 4.74 Å². The topological polar surface area (TPSA) is 26.3 Å². The highest BCUT2D eigenvalue weighted by molar-refractivity contribution is 5.72. The van der Waals surface area contributed by atoms with Crippen molar-refractivity contribution in [2.24, 2.45) is 0 Å². The van der Waals surface area contributed by atoms with E-state index in [1.54, 1.807) is 0 Å². The molecule has 1 fully saturated rings. The number of benzene rings is 1. The Kier molecular flexibility index (Phi) is 3.71. The molecular formula is C17H24O2. The minimum absolute atomic E-state index is 0.0238. The second kappa shape index (κ2) is 4.99. The first-order chi connectivity index (χ1) is 8.81. The summed E-state index contributed by atoms with van der Waals surface area (Å²) in [6.45, 7) is 7.85. The SMILES string of the molecule is Cc1ccc(C2(CC(=O)OC(C)(C)C)CCC2)cc1. The second-order valence-electron chi connectivity index (χ2n) is 6.76. The zero-order chi connectivity index (χ0) is 14.1. The van der Waals surface area contributed by atoms with E-state index in [1.165, 1.54) is 17.5 Å². The standard InChI is InChI=1S/C17H24O2/c1-13-6-8-14(9-7-13)17(10-5-11-17)12-15(18)19-16(2,3)4/h6-9H,5,10-12H2,1-4H3. The Morgan fingerprint density at radius 1 is 1.21 bits per heavy atom. The molecule has 1 aliphatic rings. The van der Waals surface area contributed by atoms with Crippen molar-refractivity contribution in [3.63, 3.8) is 0 Å². The number of hydrogen-bond donors (Lipinski definition) is 0. The van der Waals surface area contributed by atoms with Crippen LogP contribution < -0.4 is 0 Å². The highest BCUT2D eigenvalue weighted by Crippen LogP contribution is 2.46. The second-order valence-corrected chi connectivity index (χ2v) is 6.76. The third-order valence-corrected chi connectivity index (χ3v) is 3.88. The highest BCUT2D eigenvalue weighted by Gasteiger charge is 2.41. The Labute approximate surface area is 116 Å². The number of carbonyl (C=O) groups excluding carboxylic acids is 1. The zero-order valence-corrected chi connectivity index (χ0v) is 12.5. The van der Waals surface area contributed by atoms with Crippen LogP contribution in [-0.2, 0) is 14.9 Å². The van der Waals surface area contributed by atoms with Crippen LogP contribution in [-0.4, -0.2) is 11.6 Å². The van der Waals surface area contributed by atoms with Crippen molar-refractivity contribution in [2.45, 2.75) is 64.4 Å². The summed E-state index contributed by atoms with van der Waals surface area (Å²) in [7, 11) is 0. The number of esters is 1. The van der Waals surface area contributed by atoms with Gasteiger partial charge in [0.2, 0.25) is 0 Å². The van der Waals surface area contributed by atoms with Crippen LogP contribution in [0.3, 0.4) is 0 Å². The molecule has 1 aromatic rings. The first-order valence-corrected chi connectivity index (χ1v) is 7.10. The Hall–Kier alpha value is -1.31. The maximum atomic E-state index is 12.1. The fourth-order valence-corrected chi connectivity index (χ4v) is 2.73. The molecule has 0 saturated heterocycles. The van der Waals surface area contributed by atoms with Crippen molar-refractivity contribution in [1.29, 1.82) is 0 Å². The van der Waals surface area contributed by atoms with Crippen LogP contribution in [0.2, 0.25) is 0 Å². The molecule has 0 radical (unpaired) electrons. The Morgan fingerprint density at radius 3 is 2.21 bits per heavy atom. The lowest BCUT2D eigenvalue weighted by atomic mass is 9.62. The van der Waals surface area contributed by atoms with Crippen LogP contribution in [0.25, 0.3) is 0 Å². The predicted molar refractivity (Wildman–Crippen MR) is 77.2 cm³/mol. The van der Waals surface area contributed by atoms with Crippen LogP contribution in [0.15, 0.2) is 24.3 Å². The molecule has 0 amide bonds. The van der Waals surface area contributed by atoms with Gasteiger partial charge in [0.1, 0.15) is 5.60 Å². The fourth-order valence-electron chi connectivity index (χ4n) is 2.73. The maximum Gasteiger partial charge on any atom is 0.307 e. The summed E-state index contributed by atoms with van der Waals surface area (Å²) in [6.07, 6.45) is 3.90. The van der Waals surface area contributed by atoms with Gasteiger partial charge in [0.05, 0.1) is 6.42 Å². The van der Waals surface area contributed by atoms with E-state index in [9.17, 15) is 4.79 Å². The molecule has 0 bridgehead atoms. The maximum absolute atomic E-state index is 12.1. The number of hydrogen-bond acceptors (Lipinski definition) is 2. The van der Waals surface area contributed by atoms with E-state index < -0.39 is 5.60 Å². The lowest BCUT2D eigenvalue weighted by molar-refractivity contribution is -0.157. The first-order valence-electron chi connectivity index (χ1n) is 7.10. The summed E-state index contributed by atoms with van der Waals surface area (Å²) >= 11 is 0. The van der Waals surface area contributed by atoms with Crippen molar-refractivity contribution in [2.75, 3.05) is 0 Å². The van der Waals surface area contributed by atoms with Gasteiger partial charge in [0.25, 0.3) is 0 Å². The Bertz CT molecular complexity index is 447. The van der Waals surface area contributed by atoms with E-state index >= 15 is 0 Å². The molecular weight excluding hydrogens is 236 g/mol. The summed E-state index contributed by atoms with van der Waals surface area (Å²) < 4.78 is 5.48. The van der Waals surface area contributed by atoms with Crippen molar-refractivity contribution in [3.8, 4) is 0 Å². The third kappa shape index (κ3) is 3.37. The molecule has 0 aromatic heterocycles. The van der Waals surface area contributed by atoms with E-state index in [1.807, 2.05) is 20.8 Å². The van der Waals surface area contributed by atoms with Gasteiger partial charge in [-0.05, 0) is 46.1 Å². The number of rotatable bonds is 3. The number of carbonyl (C=O) groups is 1. The summed E-state index contributed by atoms with van der Waals surface area (Å²) in [6, 6.07) is 8.59. The fraction of sp³-hybridized carbons (Fsp3) is 0.588. The van der Waals surface area contributed by atoms with Gasteiger partial charge < -0.3 is 4.74 Å². The molecule has 1 aliphatic carbocycles. The van der Waals surface area contributed by atoms with Gasteiger partial charge in [-0.2, -0.15) is 0 Å². The summed E-state index contributed by atoms with van der Waals surface area (Å²) in [5.41, 5.74) is 2.18. The molecule has 0 spiro atoms. The molecule has 0 N–H and O–H groups in total. The Morgan fingerprint density at radius 2 is 1.79 bits per heavy atom. The summed E-state index contributed by atoms with van der Waals surface area (Å²) in [5.74, 6) is -0.0761. The molecule has 1 aromatic carbocycles. The van der Waals surface area contributed by atoms with Crippen LogP contribution in [0.4, 0.5) is 0 Å². The van der Waals surface area contributed by atoms with Gasteiger partial charge >= 0.3 is 5.97 Å². The van der Waals surface area contributed by atoms with Gasteiger partial charge in [-0.3, -0.25) is 4.79 Å². The lowest BCUT2D eigenvalue weighted by Crippen LogP contribution is -2.38. The molecule has 1 saturated carbocycles. The number of aryl methyl sites for hydroxylation is 1. The average molecular weight is 260 g/mol. The van der Waals surface area contributed by atoms with Gasteiger partial charge in [-0.15, -0.1) is 0 Å². The van der Waals surface area contributed by atoms with Gasteiger partial charge in [0, 0.05) is 5.41 Å². The quantitative estimate of drug-likeness (QED) is 0.763. The molecule has 0 atom stereocenters. The largest absolute Gasteiger partial charge is 0.460 e. The predicted octanol–water partition coefficient (Wildman–Crippen LogP) is 4.15. The van der Waals surface area contributed by atoms with Crippen molar-refractivity contribution in [3.05, 3.63) is 35.4 Å². The summed E-state index contributed by atoms with van der Waals surface area (Å²) in [5, 5.41) is 0. The van der Waals surface area contributed by atoms with Crippen LogP contribution >= 0.6 is 0 Å². The van der Waals surface area contributed by atoms with Crippen LogP contribution in [0, 0.1) is 6.92 Å². The zero-order valence-electron chi connectivity index (χ0n) is 12.5. The van der Waals surface area contributed by atoms with Crippen molar-refractivity contribution in [1.82, 2.24) is 0 Å². The molecule has 0 heterocycles. The molecule has 19 heavy (non-hydrogen) atoms. The molecule has 2 nitrogen and oxygen atoms in total. The molecule has 2 rings (SSSR count). The molecule has 0 unspecified atom stereocenters. The third-order valence-electron chi connectivity index (χ3n) is 3.88. The van der Waals surface area contributed by atoms with Crippen molar-refractivity contribution < 1.29 is 9.53 Å². The van der Waals surface area contributed by atoms with Crippen LogP contribution in [0.5, 0.6) is 0 Å². The minimum atomic E-state index is -0.394. The van der Waals surface area contributed by atoms with E-state index in [0.29, 0.717) is 6.42 Å². The highest BCUT2D eigenvalue weighted by atomic mass is 16.6. The van der Waals surface area contributed by atoms with Crippen LogP contribution in [0.1, 0.15) is 57.6 Å². The number of ether oxygens (including phenoxy) is 1. The average Bonchev–Trinajstić information content (AvgIpc) is 2.22. The summed E-state index contributed by atoms with van der Waals surface area (Å²) in [4.78, 5) is 12.1. The molecule has 104 valence electrons. The van der Waals surface area contributed by atoms with Gasteiger partial charge in [-0.25, -0.2) is 0 Å². The van der Waals surface area contributed by atoms with Crippen molar-refractivity contribution >= 4 is 5.97 Å². The normalized spacial score (nSPS) is 17.7. The lowest BCUT2D eigenvalue weighted by Gasteiger charge is -2.42. The van der Waals surface area contributed by atoms with E-state index in [-0.39, 0.29) is 11.4 Å². The van der Waals surface area contributed by atoms with Gasteiger partial charge in [0.15, 0.2) is 0 Å². The van der Waals surface area contributed by atoms with E-state index in [2.05, 4.69) is 31.2 Å². The van der Waals surface area contributed by atoms with Gasteiger partial charge in [-0.1, -0.05) is 36.2 Å². The monoisotopic (exact) mass is 260 g/mol. The smallest absolute Gasteiger partial charge is 0.307 e. The molecule has 0 aliphatic heterocycles. The van der Waals surface area contributed by atoms with E-state index in [0.717, 1.165) is 12.8 Å². The minimum Gasteiger partial charge on any atom is -0.460 e. The Balaban J connectivity index is 2.11. The first kappa shape index (κ1) is 14.1. The molecule has 2 heteroatoms.